The lowest BCUT2D eigenvalue weighted by Gasteiger charge is -2.31. The van der Waals surface area contributed by atoms with E-state index in [0.717, 1.165) is 0 Å². The SMILES string of the molecule is C[C@@H]1OC(OCCNC(=O)CN(CC=O)CC(N)=O)CCC1O. The van der Waals surface area contributed by atoms with Crippen LogP contribution in [0.25, 0.3) is 0 Å². The summed E-state index contributed by atoms with van der Waals surface area (Å²) < 4.78 is 10.9. The molecule has 1 heterocycles. The molecule has 4 N–H and O–H groups in total. The average Bonchev–Trinajstić information content (AvgIpc) is 2.47. The molecule has 0 aromatic heterocycles. The van der Waals surface area contributed by atoms with Crippen LogP contribution in [0.2, 0.25) is 0 Å². The monoisotopic (exact) mass is 331 g/mol. The summed E-state index contributed by atoms with van der Waals surface area (Å²) in [4.78, 5) is 34.4. The van der Waals surface area contributed by atoms with Crippen molar-refractivity contribution in [2.45, 2.75) is 38.3 Å². The molecule has 2 unspecified atom stereocenters. The van der Waals surface area contributed by atoms with Gasteiger partial charge in [-0.3, -0.25) is 14.5 Å². The van der Waals surface area contributed by atoms with Crippen LogP contribution in [-0.2, 0) is 23.9 Å². The second kappa shape index (κ2) is 10.3. The molecule has 0 saturated carbocycles. The molecule has 132 valence electrons. The minimum Gasteiger partial charge on any atom is -0.390 e. The van der Waals surface area contributed by atoms with E-state index in [1.165, 1.54) is 4.90 Å². The Hall–Kier alpha value is -1.55. The standard InChI is InChI=1S/C14H25N3O6/c1-10-11(19)2-3-14(23-10)22-7-4-16-13(21)9-17(5-6-18)8-12(15)20/h6,10-11,14,19H,2-5,7-9H2,1H3,(H2,15,20)(H,16,21)/t10-,11?,14?/m0/s1. The van der Waals surface area contributed by atoms with Crippen LogP contribution in [0.15, 0.2) is 0 Å². The maximum Gasteiger partial charge on any atom is 0.234 e. The highest BCUT2D eigenvalue weighted by Crippen LogP contribution is 2.19. The number of hydrogen-bond donors (Lipinski definition) is 3. The molecule has 0 spiro atoms. The van der Waals surface area contributed by atoms with Crippen molar-refractivity contribution in [3.63, 3.8) is 0 Å². The van der Waals surface area contributed by atoms with Crippen molar-refractivity contribution in [2.24, 2.45) is 5.73 Å². The fourth-order valence-corrected chi connectivity index (χ4v) is 2.21. The molecule has 0 radical (unpaired) electrons. The third kappa shape index (κ3) is 8.03. The Morgan fingerprint density at radius 3 is 2.78 bits per heavy atom. The van der Waals surface area contributed by atoms with E-state index in [1.807, 2.05) is 0 Å². The first-order valence-corrected chi connectivity index (χ1v) is 7.58. The van der Waals surface area contributed by atoms with Crippen LogP contribution in [0.3, 0.4) is 0 Å². The van der Waals surface area contributed by atoms with Gasteiger partial charge in [-0.15, -0.1) is 0 Å². The summed E-state index contributed by atoms with van der Waals surface area (Å²) in [5.41, 5.74) is 5.04. The third-order valence-electron chi connectivity index (χ3n) is 3.41. The molecule has 23 heavy (non-hydrogen) atoms. The van der Waals surface area contributed by atoms with Crippen molar-refractivity contribution < 1.29 is 29.0 Å². The predicted octanol–water partition coefficient (Wildman–Crippen LogP) is -2.01. The van der Waals surface area contributed by atoms with Crippen molar-refractivity contribution in [3.8, 4) is 0 Å². The van der Waals surface area contributed by atoms with Gasteiger partial charge in [0.25, 0.3) is 0 Å². The number of primary amides is 1. The number of aliphatic hydroxyl groups excluding tert-OH is 1. The molecule has 1 aliphatic rings. The number of amides is 2. The number of ether oxygens (including phenoxy) is 2. The predicted molar refractivity (Wildman–Crippen MR) is 80.2 cm³/mol. The van der Waals surface area contributed by atoms with Crippen LogP contribution in [0.1, 0.15) is 19.8 Å². The van der Waals surface area contributed by atoms with Crippen LogP contribution >= 0.6 is 0 Å². The van der Waals surface area contributed by atoms with Gasteiger partial charge in [-0.1, -0.05) is 0 Å². The molecule has 0 aromatic carbocycles. The van der Waals surface area contributed by atoms with E-state index in [9.17, 15) is 19.5 Å². The first-order chi connectivity index (χ1) is 10.9. The summed E-state index contributed by atoms with van der Waals surface area (Å²) in [6.07, 6.45) is 0.705. The fourth-order valence-electron chi connectivity index (χ4n) is 2.21. The molecule has 1 aliphatic heterocycles. The van der Waals surface area contributed by atoms with Gasteiger partial charge in [0.15, 0.2) is 6.29 Å². The number of rotatable bonds is 10. The number of carbonyl (C=O) groups excluding carboxylic acids is 3. The van der Waals surface area contributed by atoms with Crippen molar-refractivity contribution in [2.75, 3.05) is 32.8 Å². The van der Waals surface area contributed by atoms with Crippen LogP contribution in [0.5, 0.6) is 0 Å². The molecule has 0 aromatic rings. The zero-order chi connectivity index (χ0) is 17.2. The van der Waals surface area contributed by atoms with Gasteiger partial charge in [0.05, 0.1) is 38.4 Å². The topological polar surface area (TPSA) is 131 Å². The van der Waals surface area contributed by atoms with E-state index >= 15 is 0 Å². The van der Waals surface area contributed by atoms with Crippen molar-refractivity contribution in [1.82, 2.24) is 10.2 Å². The maximum atomic E-state index is 11.7. The Morgan fingerprint density at radius 2 is 2.17 bits per heavy atom. The molecule has 0 bridgehead atoms. The molecule has 1 fully saturated rings. The molecular formula is C14H25N3O6. The van der Waals surface area contributed by atoms with Gasteiger partial charge in [-0.25, -0.2) is 0 Å². The molecule has 3 atom stereocenters. The van der Waals surface area contributed by atoms with E-state index in [1.54, 1.807) is 6.92 Å². The zero-order valence-electron chi connectivity index (χ0n) is 13.3. The Morgan fingerprint density at radius 1 is 1.43 bits per heavy atom. The maximum absolute atomic E-state index is 11.7. The molecule has 9 nitrogen and oxygen atoms in total. The highest BCUT2D eigenvalue weighted by molar-refractivity contribution is 5.80. The number of hydrogen-bond acceptors (Lipinski definition) is 7. The van der Waals surface area contributed by atoms with Gasteiger partial charge < -0.3 is 30.4 Å². The van der Waals surface area contributed by atoms with Gasteiger partial charge in [0, 0.05) is 13.0 Å². The van der Waals surface area contributed by atoms with Crippen LogP contribution < -0.4 is 11.1 Å². The van der Waals surface area contributed by atoms with Crippen molar-refractivity contribution in [1.29, 1.82) is 0 Å². The summed E-state index contributed by atoms with van der Waals surface area (Å²) >= 11 is 0. The molecular weight excluding hydrogens is 306 g/mol. The summed E-state index contributed by atoms with van der Waals surface area (Å²) in [6, 6.07) is 0. The van der Waals surface area contributed by atoms with E-state index in [4.69, 9.17) is 15.2 Å². The molecule has 9 heteroatoms. The highest BCUT2D eigenvalue weighted by atomic mass is 16.7. The second-order valence-electron chi connectivity index (χ2n) is 5.44. The van der Waals surface area contributed by atoms with E-state index in [-0.39, 0.29) is 51.1 Å². The molecule has 1 saturated heterocycles. The average molecular weight is 331 g/mol. The highest BCUT2D eigenvalue weighted by Gasteiger charge is 2.26. The first kappa shape index (κ1) is 19.5. The first-order valence-electron chi connectivity index (χ1n) is 7.58. The summed E-state index contributed by atoms with van der Waals surface area (Å²) in [5.74, 6) is -0.932. The normalized spacial score (nSPS) is 24.4. The minimum atomic E-state index is -0.603. The minimum absolute atomic E-state index is 0.0387. The Balaban J connectivity index is 2.18. The van der Waals surface area contributed by atoms with Gasteiger partial charge in [0.2, 0.25) is 11.8 Å². The number of aliphatic hydroxyl groups is 1. The van der Waals surface area contributed by atoms with Gasteiger partial charge in [-0.05, 0) is 13.3 Å². The number of nitrogens with zero attached hydrogens (tertiary/aromatic N) is 1. The van der Waals surface area contributed by atoms with Crippen LogP contribution in [-0.4, -0.2) is 79.4 Å². The molecule has 1 rings (SSSR count). The number of aldehydes is 1. The third-order valence-corrected chi connectivity index (χ3v) is 3.41. The van der Waals surface area contributed by atoms with Gasteiger partial charge in [0.1, 0.15) is 6.29 Å². The largest absolute Gasteiger partial charge is 0.390 e. The Kier molecular flexibility index (Phi) is 8.70. The summed E-state index contributed by atoms with van der Waals surface area (Å²) in [5, 5.41) is 12.2. The Bertz CT molecular complexity index is 406. The zero-order valence-corrected chi connectivity index (χ0v) is 13.3. The number of nitrogens with one attached hydrogen (secondary N) is 1. The lowest BCUT2D eigenvalue weighted by atomic mass is 10.1. The van der Waals surface area contributed by atoms with Crippen molar-refractivity contribution >= 4 is 18.1 Å². The lowest BCUT2D eigenvalue weighted by Crippen LogP contribution is -2.43. The fraction of sp³-hybridized carbons (Fsp3) is 0.786. The lowest BCUT2D eigenvalue weighted by molar-refractivity contribution is -0.216. The van der Waals surface area contributed by atoms with Crippen LogP contribution in [0, 0.1) is 0 Å². The van der Waals surface area contributed by atoms with Gasteiger partial charge >= 0.3 is 0 Å². The summed E-state index contributed by atoms with van der Waals surface area (Å²) in [6.45, 7) is 2.04. The van der Waals surface area contributed by atoms with E-state index < -0.39 is 12.0 Å². The number of nitrogens with two attached hydrogens (primary N) is 1. The second-order valence-corrected chi connectivity index (χ2v) is 5.44. The number of carbonyl (C=O) groups is 3. The van der Waals surface area contributed by atoms with Gasteiger partial charge in [-0.2, -0.15) is 0 Å². The molecule has 2 amide bonds. The van der Waals surface area contributed by atoms with Crippen LogP contribution in [0.4, 0.5) is 0 Å². The quantitative estimate of drug-likeness (QED) is 0.311. The Labute approximate surface area is 135 Å². The smallest absolute Gasteiger partial charge is 0.234 e. The van der Waals surface area contributed by atoms with Crippen molar-refractivity contribution in [3.05, 3.63) is 0 Å². The molecule has 0 aliphatic carbocycles. The summed E-state index contributed by atoms with van der Waals surface area (Å²) in [7, 11) is 0. The van der Waals surface area contributed by atoms with E-state index in [0.29, 0.717) is 19.1 Å². The van der Waals surface area contributed by atoms with E-state index in [2.05, 4.69) is 5.32 Å².